The Morgan fingerprint density at radius 3 is 0.833 bits per heavy atom. The minimum Gasteiger partial charge on any atom is -0.286 e. The highest BCUT2D eigenvalue weighted by molar-refractivity contribution is 7.85. The molecule has 0 spiro atoms. The van der Waals surface area contributed by atoms with E-state index >= 15 is 0 Å². The van der Waals surface area contributed by atoms with Crippen LogP contribution in [0.3, 0.4) is 0 Å². The topological polar surface area (TPSA) is 54.4 Å². The molecule has 4 nitrogen and oxygen atoms in total. The van der Waals surface area contributed by atoms with E-state index < -0.39 is 10.1 Å². The zero-order valence-electron chi connectivity index (χ0n) is 36.9. The summed E-state index contributed by atoms with van der Waals surface area (Å²) in [6.45, 7) is 7.69. The van der Waals surface area contributed by atoms with Crippen molar-refractivity contribution in [2.75, 3.05) is 12.3 Å². The fourth-order valence-corrected chi connectivity index (χ4v) is 8.20. The lowest BCUT2D eigenvalue weighted by molar-refractivity contribution is -0.774. The fourth-order valence-electron chi connectivity index (χ4n) is 7.63. The van der Waals surface area contributed by atoms with Gasteiger partial charge in [0.05, 0.1) is 12.3 Å². The van der Waals surface area contributed by atoms with Crippen molar-refractivity contribution >= 4 is 10.1 Å². The van der Waals surface area contributed by atoms with Crippen LogP contribution in [0.25, 0.3) is 0 Å². The average molecular weight is 779 g/mol. The van der Waals surface area contributed by atoms with Gasteiger partial charge in [-0.15, -0.1) is 0 Å². The minimum absolute atomic E-state index is 0.152. The number of hydrogen-bond donors (Lipinski definition) is 1. The Kier molecular flexibility index (Phi) is 41.0. The second-order valence-electron chi connectivity index (χ2n) is 16.8. The molecule has 0 amide bonds. The zero-order valence-corrected chi connectivity index (χ0v) is 37.7. The summed E-state index contributed by atoms with van der Waals surface area (Å²) in [5.74, 6) is -0.152. The minimum atomic E-state index is -3.93. The Morgan fingerprint density at radius 1 is 0.352 bits per heavy atom. The van der Waals surface area contributed by atoms with Gasteiger partial charge >= 0.3 is 0 Å². The SMILES string of the molecule is CCCCCCCCCCCCC/C=C/[N+](/C=C/CCCCCCCCCCCCC)(/C=C/CCCCCCCCCCCCC)CCCCS(=O)(=O)O. The van der Waals surface area contributed by atoms with Gasteiger partial charge in [0.1, 0.15) is 18.6 Å². The first kappa shape index (κ1) is 53.1. The number of hydrogen-bond acceptors (Lipinski definition) is 2. The van der Waals surface area contributed by atoms with Gasteiger partial charge in [0, 0.05) is 0 Å². The molecule has 320 valence electrons. The van der Waals surface area contributed by atoms with Gasteiger partial charge in [0.2, 0.25) is 0 Å². The Bertz CT molecular complexity index is 852. The number of rotatable bonds is 44. The summed E-state index contributed by atoms with van der Waals surface area (Å²) in [4.78, 5) is 0. The maximum atomic E-state index is 11.5. The van der Waals surface area contributed by atoms with E-state index in [0.717, 1.165) is 32.2 Å². The van der Waals surface area contributed by atoms with Crippen molar-refractivity contribution < 1.29 is 17.5 Å². The molecular weight excluding hydrogens is 683 g/mol. The molecule has 5 heteroatoms. The van der Waals surface area contributed by atoms with Crippen LogP contribution in [0.1, 0.15) is 265 Å². The molecule has 0 aliphatic rings. The average Bonchev–Trinajstić information content (AvgIpc) is 3.15. The lowest BCUT2D eigenvalue weighted by Crippen LogP contribution is -2.32. The largest absolute Gasteiger partial charge is 0.286 e. The zero-order chi connectivity index (χ0) is 39.5. The van der Waals surface area contributed by atoms with E-state index in [2.05, 4.69) is 57.6 Å². The first-order valence-electron chi connectivity index (χ1n) is 24.2. The molecule has 0 aliphatic heterocycles. The quantitative estimate of drug-likeness (QED) is 0.0381. The van der Waals surface area contributed by atoms with Gasteiger partial charge in [-0.1, -0.05) is 213 Å². The normalized spacial score (nSPS) is 12.7. The van der Waals surface area contributed by atoms with Gasteiger partial charge in [0.25, 0.3) is 10.1 Å². The predicted octanol–water partition coefficient (Wildman–Crippen LogP) is 17.1. The Hall–Kier alpha value is -0.910. The lowest BCUT2D eigenvalue weighted by Gasteiger charge is -2.27. The van der Waals surface area contributed by atoms with Gasteiger partial charge in [0.15, 0.2) is 0 Å². The summed E-state index contributed by atoms with van der Waals surface area (Å²) in [7, 11) is -3.93. The van der Waals surface area contributed by atoms with E-state index in [-0.39, 0.29) is 5.75 Å². The van der Waals surface area contributed by atoms with Gasteiger partial charge in [-0.05, 0) is 69.6 Å². The van der Waals surface area contributed by atoms with Crippen LogP contribution in [0.2, 0.25) is 0 Å². The standard InChI is InChI=1S/C49H95NO3S/c1-4-7-10-13-16-19-22-25-28-31-34-37-40-45-50(48-43-44-49-54(51,52)53,46-41-38-35-32-29-26-23-20-17-14-11-8-5-2)47-42-39-36-33-30-27-24-21-18-15-12-9-6-3/h40-42,45-47H,4-39,43-44,48-49H2,1-3H3/p+1/b45-40+,46-41+,47-42+. The van der Waals surface area contributed by atoms with E-state index in [1.165, 1.54) is 212 Å². The summed E-state index contributed by atoms with van der Waals surface area (Å²) in [6, 6.07) is 0. The third-order valence-electron chi connectivity index (χ3n) is 11.3. The second-order valence-corrected chi connectivity index (χ2v) is 18.4. The molecule has 0 aromatic rings. The third kappa shape index (κ3) is 40.7. The van der Waals surface area contributed by atoms with E-state index in [9.17, 15) is 13.0 Å². The number of allylic oxidation sites excluding steroid dienone is 3. The number of quaternary nitrogens is 1. The van der Waals surface area contributed by atoms with Crippen molar-refractivity contribution in [1.29, 1.82) is 0 Å². The molecule has 1 N–H and O–H groups in total. The molecule has 0 heterocycles. The van der Waals surface area contributed by atoms with Crippen LogP contribution in [0.15, 0.2) is 36.8 Å². The van der Waals surface area contributed by atoms with Gasteiger partial charge in [-0.3, -0.25) is 4.55 Å². The summed E-state index contributed by atoms with van der Waals surface area (Å²) < 4.78 is 33.0. The van der Waals surface area contributed by atoms with Crippen LogP contribution in [0.5, 0.6) is 0 Å². The Labute approximate surface area is 340 Å². The maximum Gasteiger partial charge on any atom is 0.264 e. The summed E-state index contributed by atoms with van der Waals surface area (Å²) in [6.07, 6.45) is 63.8. The Balaban J connectivity index is 5.07. The van der Waals surface area contributed by atoms with Crippen LogP contribution >= 0.6 is 0 Å². The molecule has 0 unspecified atom stereocenters. The fraction of sp³-hybridized carbons (Fsp3) is 0.878. The predicted molar refractivity (Wildman–Crippen MR) is 241 cm³/mol. The first-order valence-corrected chi connectivity index (χ1v) is 25.9. The van der Waals surface area contributed by atoms with Crippen LogP contribution in [-0.4, -0.2) is 29.8 Å². The highest BCUT2D eigenvalue weighted by atomic mass is 32.2. The molecule has 54 heavy (non-hydrogen) atoms. The molecular formula is C49H96NO3S+. The molecule has 0 radical (unpaired) electrons. The highest BCUT2D eigenvalue weighted by Gasteiger charge is 2.19. The van der Waals surface area contributed by atoms with E-state index in [1.54, 1.807) is 0 Å². The maximum absolute atomic E-state index is 11.5. The van der Waals surface area contributed by atoms with Gasteiger partial charge < -0.3 is 0 Å². The summed E-state index contributed by atoms with van der Waals surface area (Å²) >= 11 is 0. The molecule has 0 bridgehead atoms. The van der Waals surface area contributed by atoms with Crippen LogP contribution in [0, 0.1) is 0 Å². The van der Waals surface area contributed by atoms with Crippen LogP contribution in [-0.2, 0) is 10.1 Å². The smallest absolute Gasteiger partial charge is 0.264 e. The van der Waals surface area contributed by atoms with Crippen molar-refractivity contribution in [3.8, 4) is 0 Å². The molecule has 0 rings (SSSR count). The van der Waals surface area contributed by atoms with Crippen molar-refractivity contribution in [1.82, 2.24) is 0 Å². The Morgan fingerprint density at radius 2 is 0.593 bits per heavy atom. The molecule has 0 fully saturated rings. The second kappa shape index (κ2) is 41.7. The molecule has 0 aliphatic carbocycles. The van der Waals surface area contributed by atoms with Crippen LogP contribution in [0.4, 0.5) is 0 Å². The monoisotopic (exact) mass is 779 g/mol. The summed E-state index contributed by atoms with van der Waals surface area (Å²) in [5.41, 5.74) is 0. The van der Waals surface area contributed by atoms with E-state index in [1.807, 2.05) is 0 Å². The van der Waals surface area contributed by atoms with Crippen molar-refractivity contribution in [2.45, 2.75) is 265 Å². The summed E-state index contributed by atoms with van der Waals surface area (Å²) in [5, 5.41) is 0. The van der Waals surface area contributed by atoms with Crippen molar-refractivity contribution in [2.24, 2.45) is 0 Å². The highest BCUT2D eigenvalue weighted by Crippen LogP contribution is 2.20. The van der Waals surface area contributed by atoms with Crippen molar-refractivity contribution in [3.05, 3.63) is 36.8 Å². The number of unbranched alkanes of at least 4 members (excludes halogenated alkanes) is 34. The molecule has 0 saturated carbocycles. The molecule has 0 atom stereocenters. The molecule has 0 saturated heterocycles. The van der Waals surface area contributed by atoms with E-state index in [0.29, 0.717) is 10.9 Å². The van der Waals surface area contributed by atoms with E-state index in [4.69, 9.17) is 0 Å². The molecule has 0 aromatic carbocycles. The van der Waals surface area contributed by atoms with Crippen LogP contribution < -0.4 is 0 Å². The van der Waals surface area contributed by atoms with Crippen molar-refractivity contribution in [3.63, 3.8) is 0 Å². The van der Waals surface area contributed by atoms with Gasteiger partial charge in [-0.2, -0.15) is 8.42 Å². The number of nitrogens with zero attached hydrogens (tertiary/aromatic N) is 1. The first-order chi connectivity index (χ1) is 26.4. The molecule has 0 aromatic heterocycles. The third-order valence-corrected chi connectivity index (χ3v) is 12.1. The van der Waals surface area contributed by atoms with Gasteiger partial charge in [-0.25, -0.2) is 4.48 Å². The lowest BCUT2D eigenvalue weighted by atomic mass is 10.1.